The van der Waals surface area contributed by atoms with E-state index in [1.54, 1.807) is 37.6 Å². The van der Waals surface area contributed by atoms with Gasteiger partial charge in [0.05, 0.1) is 23.4 Å². The zero-order valence-electron chi connectivity index (χ0n) is 8.03. The number of aromatic hydroxyl groups is 1. The minimum atomic E-state index is 0.144. The van der Waals surface area contributed by atoms with Crippen molar-refractivity contribution in [3.8, 4) is 22.8 Å². The number of ether oxygens (including phenoxy) is 1. The number of phenolic OH excluding ortho intramolecular Hbond substituents is 1. The highest BCUT2D eigenvalue weighted by molar-refractivity contribution is 9.10. The molecule has 0 fully saturated rings. The Balaban J connectivity index is 2.60. The molecule has 0 spiro atoms. The van der Waals surface area contributed by atoms with Crippen molar-refractivity contribution in [2.24, 2.45) is 0 Å². The Kier molecular flexibility index (Phi) is 2.68. The molecule has 1 N–H and O–H groups in total. The van der Waals surface area contributed by atoms with Crippen LogP contribution < -0.4 is 4.74 Å². The molecule has 2 rings (SSSR count). The fraction of sp³-hybridized carbons (Fsp3) is 0.0909. The minimum absolute atomic E-state index is 0.144. The van der Waals surface area contributed by atoms with Crippen molar-refractivity contribution < 1.29 is 14.3 Å². The molecule has 0 amide bonds. The third-order valence-corrected chi connectivity index (χ3v) is 2.66. The highest BCUT2D eigenvalue weighted by atomic mass is 79.9. The normalized spacial score (nSPS) is 10.3. The molecular weight excluding hydrogens is 260 g/mol. The van der Waals surface area contributed by atoms with Crippen molar-refractivity contribution in [3.63, 3.8) is 0 Å². The van der Waals surface area contributed by atoms with E-state index in [9.17, 15) is 5.11 Å². The van der Waals surface area contributed by atoms with E-state index in [0.717, 1.165) is 0 Å². The molecule has 0 saturated carbocycles. The number of furan rings is 1. The molecule has 0 aliphatic rings. The second-order valence-corrected chi connectivity index (χ2v) is 3.84. The quantitative estimate of drug-likeness (QED) is 0.908. The average Bonchev–Trinajstić information content (AvgIpc) is 2.75. The first kappa shape index (κ1) is 10.1. The van der Waals surface area contributed by atoms with E-state index >= 15 is 0 Å². The fourth-order valence-corrected chi connectivity index (χ4v) is 1.75. The van der Waals surface area contributed by atoms with Crippen molar-refractivity contribution in [1.82, 2.24) is 0 Å². The number of rotatable bonds is 2. The van der Waals surface area contributed by atoms with Crippen LogP contribution in [0.1, 0.15) is 0 Å². The molecule has 1 heterocycles. The number of hydrogen-bond donors (Lipinski definition) is 1. The molecule has 1 aromatic heterocycles. The van der Waals surface area contributed by atoms with Crippen LogP contribution in [0.15, 0.2) is 39.4 Å². The van der Waals surface area contributed by atoms with Crippen molar-refractivity contribution in [2.45, 2.75) is 0 Å². The molecule has 15 heavy (non-hydrogen) atoms. The van der Waals surface area contributed by atoms with Crippen LogP contribution in [0.25, 0.3) is 11.3 Å². The second kappa shape index (κ2) is 3.98. The molecule has 78 valence electrons. The smallest absolute Gasteiger partial charge is 0.141 e. The van der Waals surface area contributed by atoms with Crippen molar-refractivity contribution in [1.29, 1.82) is 0 Å². The minimum Gasteiger partial charge on any atom is -0.506 e. The van der Waals surface area contributed by atoms with E-state index in [1.165, 1.54) is 0 Å². The first-order valence-electron chi connectivity index (χ1n) is 4.32. The van der Waals surface area contributed by atoms with Crippen molar-refractivity contribution >= 4 is 15.9 Å². The van der Waals surface area contributed by atoms with Gasteiger partial charge in [-0.1, -0.05) is 0 Å². The topological polar surface area (TPSA) is 42.6 Å². The molecule has 4 heteroatoms. The average molecular weight is 269 g/mol. The lowest BCUT2D eigenvalue weighted by molar-refractivity contribution is 0.411. The molecule has 2 aromatic rings. The molecule has 0 aliphatic carbocycles. The molecular formula is C11H9BrO3. The summed E-state index contributed by atoms with van der Waals surface area (Å²) in [4.78, 5) is 0. The monoisotopic (exact) mass is 268 g/mol. The van der Waals surface area contributed by atoms with Crippen LogP contribution in [0.3, 0.4) is 0 Å². The Morgan fingerprint density at radius 1 is 1.40 bits per heavy atom. The van der Waals surface area contributed by atoms with Gasteiger partial charge in [0.2, 0.25) is 0 Å². The number of hydrogen-bond acceptors (Lipinski definition) is 3. The van der Waals surface area contributed by atoms with E-state index in [0.29, 0.717) is 21.5 Å². The molecule has 3 nitrogen and oxygen atoms in total. The first-order valence-corrected chi connectivity index (χ1v) is 5.12. The molecule has 0 atom stereocenters. The van der Waals surface area contributed by atoms with Gasteiger partial charge in [0.15, 0.2) is 0 Å². The lowest BCUT2D eigenvalue weighted by atomic mass is 10.1. The van der Waals surface area contributed by atoms with Gasteiger partial charge in [-0.2, -0.15) is 0 Å². The molecule has 1 aromatic carbocycles. The Hall–Kier alpha value is -1.42. The largest absolute Gasteiger partial charge is 0.506 e. The fourth-order valence-electron chi connectivity index (χ4n) is 1.31. The summed E-state index contributed by atoms with van der Waals surface area (Å²) < 4.78 is 10.9. The van der Waals surface area contributed by atoms with E-state index < -0.39 is 0 Å². The van der Waals surface area contributed by atoms with Crippen LogP contribution >= 0.6 is 15.9 Å². The Morgan fingerprint density at radius 3 is 2.80 bits per heavy atom. The van der Waals surface area contributed by atoms with E-state index in [-0.39, 0.29) is 5.75 Å². The van der Waals surface area contributed by atoms with Crippen LogP contribution in [-0.4, -0.2) is 12.2 Å². The van der Waals surface area contributed by atoms with Gasteiger partial charge in [0.25, 0.3) is 0 Å². The van der Waals surface area contributed by atoms with Crippen LogP contribution in [-0.2, 0) is 0 Å². The summed E-state index contributed by atoms with van der Waals surface area (Å²) in [6.07, 6.45) is 1.56. The van der Waals surface area contributed by atoms with Gasteiger partial charge in [-0.15, -0.1) is 0 Å². The molecule has 0 radical (unpaired) electrons. The Labute approximate surface area is 95.4 Å². The predicted molar refractivity (Wildman–Crippen MR) is 60.1 cm³/mol. The number of phenols is 1. The van der Waals surface area contributed by atoms with Gasteiger partial charge >= 0.3 is 0 Å². The van der Waals surface area contributed by atoms with Crippen molar-refractivity contribution in [3.05, 3.63) is 35.0 Å². The van der Waals surface area contributed by atoms with Crippen LogP contribution in [0.2, 0.25) is 0 Å². The zero-order valence-corrected chi connectivity index (χ0v) is 9.61. The van der Waals surface area contributed by atoms with Crippen LogP contribution in [0.5, 0.6) is 11.5 Å². The van der Waals surface area contributed by atoms with Gasteiger partial charge < -0.3 is 14.3 Å². The van der Waals surface area contributed by atoms with Crippen LogP contribution in [0.4, 0.5) is 0 Å². The number of benzene rings is 1. The van der Waals surface area contributed by atoms with Crippen molar-refractivity contribution in [2.75, 3.05) is 7.11 Å². The van der Waals surface area contributed by atoms with Crippen LogP contribution in [0, 0.1) is 0 Å². The maximum absolute atomic E-state index is 9.83. The standard InChI is InChI=1S/C11H9BrO3/c1-14-7-5-8(10-3-2-4-15-10)11(13)9(12)6-7/h2-6,13H,1H3. The van der Waals surface area contributed by atoms with Gasteiger partial charge in [0.1, 0.15) is 17.3 Å². The lowest BCUT2D eigenvalue weighted by Crippen LogP contribution is -1.85. The Morgan fingerprint density at radius 2 is 2.20 bits per heavy atom. The van der Waals surface area contributed by atoms with E-state index in [1.807, 2.05) is 0 Å². The summed E-state index contributed by atoms with van der Waals surface area (Å²) in [5.41, 5.74) is 0.603. The first-order chi connectivity index (χ1) is 7.22. The zero-order chi connectivity index (χ0) is 10.8. The molecule has 0 bridgehead atoms. The SMILES string of the molecule is COc1cc(Br)c(O)c(-c2ccco2)c1. The van der Waals surface area contributed by atoms with E-state index in [2.05, 4.69) is 15.9 Å². The summed E-state index contributed by atoms with van der Waals surface area (Å²) >= 11 is 3.25. The number of methoxy groups -OCH3 is 1. The summed E-state index contributed by atoms with van der Waals surface area (Å²) in [6, 6.07) is 6.96. The highest BCUT2D eigenvalue weighted by Crippen LogP contribution is 2.38. The van der Waals surface area contributed by atoms with E-state index in [4.69, 9.17) is 9.15 Å². The third-order valence-electron chi connectivity index (χ3n) is 2.06. The maximum Gasteiger partial charge on any atom is 0.141 e. The second-order valence-electron chi connectivity index (χ2n) is 2.98. The summed E-state index contributed by atoms with van der Waals surface area (Å²) in [5.74, 6) is 1.41. The predicted octanol–water partition coefficient (Wildman–Crippen LogP) is 3.42. The van der Waals surface area contributed by atoms with Gasteiger partial charge in [-0.05, 0) is 40.2 Å². The van der Waals surface area contributed by atoms with Gasteiger partial charge in [0, 0.05) is 0 Å². The molecule has 0 aliphatic heterocycles. The summed E-state index contributed by atoms with van der Waals surface area (Å²) in [5, 5.41) is 9.83. The molecule has 0 saturated heterocycles. The van der Waals surface area contributed by atoms with Gasteiger partial charge in [-0.3, -0.25) is 0 Å². The Bertz CT molecular complexity index is 463. The highest BCUT2D eigenvalue weighted by Gasteiger charge is 2.12. The lowest BCUT2D eigenvalue weighted by Gasteiger charge is -2.07. The summed E-state index contributed by atoms with van der Waals surface area (Å²) in [7, 11) is 1.57. The maximum atomic E-state index is 9.83. The molecule has 0 unspecified atom stereocenters. The summed E-state index contributed by atoms with van der Waals surface area (Å²) in [6.45, 7) is 0. The number of halogens is 1. The third kappa shape index (κ3) is 1.85. The van der Waals surface area contributed by atoms with Gasteiger partial charge in [-0.25, -0.2) is 0 Å².